The van der Waals surface area contributed by atoms with Crippen LogP contribution in [0.25, 0.3) is 0 Å². The average Bonchev–Trinajstić information content (AvgIpc) is 3.06. The number of hydrogen-bond acceptors (Lipinski definition) is 7. The van der Waals surface area contributed by atoms with Crippen molar-refractivity contribution in [1.82, 2.24) is 4.90 Å². The standard InChI is InChI=1S/C34H34Cl2F6N2O5/c1-47-31(45)21-49-43-30(20-48-19-22-15-25(33(37,38)39)18-26(16-22)34(40,41)42)27(23-7-8-28(35)29(36)17-23)9-12-44-13-10-32(46,11-14-44)24-5-3-2-4-6-24/h2-8,15-18,27,46H,9-14,19-21H2,1H3/b43-30+. The lowest BCUT2D eigenvalue weighted by Gasteiger charge is -2.39. The summed E-state index contributed by atoms with van der Waals surface area (Å²) >= 11 is 12.5. The number of esters is 1. The van der Waals surface area contributed by atoms with Crippen LogP contribution < -0.4 is 0 Å². The Morgan fingerprint density at radius 2 is 1.55 bits per heavy atom. The third-order valence-corrected chi connectivity index (χ3v) is 8.97. The molecule has 0 bridgehead atoms. The van der Waals surface area contributed by atoms with E-state index in [2.05, 4.69) is 14.8 Å². The van der Waals surface area contributed by atoms with Crippen LogP contribution in [0.2, 0.25) is 10.0 Å². The van der Waals surface area contributed by atoms with Crippen LogP contribution in [0.1, 0.15) is 53.0 Å². The number of alkyl halides is 6. The van der Waals surface area contributed by atoms with Crippen LogP contribution in [0.3, 0.4) is 0 Å². The van der Waals surface area contributed by atoms with Crippen LogP contribution in [0, 0.1) is 0 Å². The molecule has 1 heterocycles. The first-order valence-corrected chi connectivity index (χ1v) is 15.9. The van der Waals surface area contributed by atoms with Crippen LogP contribution in [-0.2, 0) is 43.7 Å². The van der Waals surface area contributed by atoms with Crippen molar-refractivity contribution in [3.8, 4) is 0 Å². The van der Waals surface area contributed by atoms with Crippen molar-refractivity contribution in [2.45, 2.75) is 49.7 Å². The number of ether oxygens (including phenoxy) is 2. The Kier molecular flexibility index (Phi) is 13.0. The van der Waals surface area contributed by atoms with Crippen molar-refractivity contribution in [1.29, 1.82) is 0 Å². The number of piperidine rings is 1. The highest BCUT2D eigenvalue weighted by atomic mass is 35.5. The topological polar surface area (TPSA) is 80.6 Å². The van der Waals surface area contributed by atoms with Crippen LogP contribution in [0.15, 0.2) is 71.9 Å². The SMILES string of the molecule is COC(=O)CO/N=C(\COCc1cc(C(F)(F)F)cc(C(F)(F)F)c1)C(CCN1CCC(O)(c2ccccc2)CC1)c1ccc(Cl)c(Cl)c1. The fourth-order valence-electron chi connectivity index (χ4n) is 5.54. The number of carbonyl (C=O) groups excluding carboxylic acids is 1. The predicted octanol–water partition coefficient (Wildman–Crippen LogP) is 8.25. The van der Waals surface area contributed by atoms with Gasteiger partial charge in [-0.15, -0.1) is 0 Å². The monoisotopic (exact) mass is 734 g/mol. The second kappa shape index (κ2) is 16.6. The Hall–Kier alpha value is -3.36. The number of likely N-dealkylation sites (tertiary alicyclic amines) is 1. The molecule has 3 aromatic carbocycles. The number of benzene rings is 3. The maximum absolute atomic E-state index is 13.4. The maximum atomic E-state index is 13.4. The molecule has 1 aliphatic heterocycles. The van der Waals surface area contributed by atoms with E-state index < -0.39 is 60.8 Å². The number of halogens is 8. The zero-order chi connectivity index (χ0) is 35.8. The largest absolute Gasteiger partial charge is 0.466 e. The third-order valence-electron chi connectivity index (χ3n) is 8.23. The summed E-state index contributed by atoms with van der Waals surface area (Å²) in [7, 11) is 1.15. The van der Waals surface area contributed by atoms with Gasteiger partial charge in [0.25, 0.3) is 0 Å². The molecule has 15 heteroatoms. The van der Waals surface area contributed by atoms with E-state index in [0.29, 0.717) is 56.6 Å². The molecule has 7 nitrogen and oxygen atoms in total. The number of aliphatic hydroxyl groups is 1. The van der Waals surface area contributed by atoms with E-state index in [9.17, 15) is 36.2 Å². The highest BCUT2D eigenvalue weighted by Gasteiger charge is 2.37. The number of rotatable bonds is 13. The molecule has 0 aliphatic carbocycles. The summed E-state index contributed by atoms with van der Waals surface area (Å²) in [4.78, 5) is 19.1. The first-order chi connectivity index (χ1) is 23.1. The van der Waals surface area contributed by atoms with Gasteiger partial charge in [0.1, 0.15) is 0 Å². The van der Waals surface area contributed by atoms with Gasteiger partial charge < -0.3 is 24.3 Å². The lowest BCUT2D eigenvalue weighted by molar-refractivity contribution is -0.146. The predicted molar refractivity (Wildman–Crippen MR) is 171 cm³/mol. The van der Waals surface area contributed by atoms with Gasteiger partial charge >= 0.3 is 18.3 Å². The van der Waals surface area contributed by atoms with E-state index >= 15 is 0 Å². The van der Waals surface area contributed by atoms with E-state index in [1.54, 1.807) is 18.2 Å². The molecule has 1 saturated heterocycles. The van der Waals surface area contributed by atoms with Gasteiger partial charge in [-0.1, -0.05) is 64.8 Å². The van der Waals surface area contributed by atoms with Crippen LogP contribution in [-0.4, -0.2) is 61.6 Å². The van der Waals surface area contributed by atoms with Crippen molar-refractivity contribution < 1.29 is 50.6 Å². The summed E-state index contributed by atoms with van der Waals surface area (Å²) in [6.07, 6.45) is -8.69. The molecule has 4 rings (SSSR count). The summed E-state index contributed by atoms with van der Waals surface area (Å²) < 4.78 is 90.8. The number of nitrogens with zero attached hydrogens (tertiary/aromatic N) is 2. The van der Waals surface area contributed by atoms with E-state index in [-0.39, 0.29) is 27.4 Å². The second-order valence-corrected chi connectivity index (χ2v) is 12.4. The summed E-state index contributed by atoms with van der Waals surface area (Å²) in [5.41, 5.74) is -2.63. The Bertz CT molecular complexity index is 1560. The van der Waals surface area contributed by atoms with Gasteiger partial charge in [0.2, 0.25) is 6.61 Å². The van der Waals surface area contributed by atoms with Crippen molar-refractivity contribution in [3.63, 3.8) is 0 Å². The average molecular weight is 736 g/mol. The fourth-order valence-corrected chi connectivity index (χ4v) is 5.85. The summed E-state index contributed by atoms with van der Waals surface area (Å²) in [6.45, 7) is 0.0464. The van der Waals surface area contributed by atoms with Gasteiger partial charge in [-0.2, -0.15) is 26.3 Å². The summed E-state index contributed by atoms with van der Waals surface area (Å²) in [5, 5.41) is 15.9. The molecule has 0 spiro atoms. The first kappa shape index (κ1) is 38.4. The molecule has 49 heavy (non-hydrogen) atoms. The van der Waals surface area contributed by atoms with E-state index in [4.69, 9.17) is 32.8 Å². The lowest BCUT2D eigenvalue weighted by atomic mass is 9.84. The van der Waals surface area contributed by atoms with Gasteiger partial charge in [-0.25, -0.2) is 4.79 Å². The smallest absolute Gasteiger partial charge is 0.416 e. The molecule has 3 aromatic rings. The molecule has 1 fully saturated rings. The minimum atomic E-state index is -5.02. The molecule has 0 amide bonds. The quantitative estimate of drug-likeness (QED) is 0.0825. The number of oxime groups is 1. The molecule has 0 aromatic heterocycles. The fraction of sp³-hybridized carbons (Fsp3) is 0.412. The number of hydrogen-bond donors (Lipinski definition) is 1. The van der Waals surface area contributed by atoms with Gasteiger partial charge in [0.05, 0.1) is 52.8 Å². The van der Waals surface area contributed by atoms with Crippen LogP contribution >= 0.6 is 23.2 Å². The molecule has 1 aliphatic rings. The summed E-state index contributed by atoms with van der Waals surface area (Å²) in [6, 6.07) is 15.5. The third kappa shape index (κ3) is 10.8. The zero-order valence-corrected chi connectivity index (χ0v) is 27.8. The van der Waals surface area contributed by atoms with Gasteiger partial charge in [-0.05, 0) is 72.8 Å². The molecule has 1 N–H and O–H groups in total. The Labute approximate surface area is 289 Å². The zero-order valence-electron chi connectivity index (χ0n) is 26.3. The van der Waals surface area contributed by atoms with Crippen molar-refractivity contribution in [2.75, 3.05) is 40.0 Å². The van der Waals surface area contributed by atoms with Crippen LogP contribution in [0.5, 0.6) is 0 Å². The summed E-state index contributed by atoms with van der Waals surface area (Å²) in [5.74, 6) is -1.34. The van der Waals surface area contributed by atoms with Gasteiger partial charge in [0.15, 0.2) is 0 Å². The Morgan fingerprint density at radius 1 is 0.918 bits per heavy atom. The molecule has 0 saturated carbocycles. The Balaban J connectivity index is 1.57. The molecular formula is C34H34Cl2F6N2O5. The van der Waals surface area contributed by atoms with Crippen molar-refractivity contribution >= 4 is 34.9 Å². The van der Waals surface area contributed by atoms with Crippen LogP contribution in [0.4, 0.5) is 26.3 Å². The van der Waals surface area contributed by atoms with E-state index in [1.807, 2.05) is 30.3 Å². The first-order valence-electron chi connectivity index (χ1n) is 15.2. The number of methoxy groups -OCH3 is 1. The molecular weight excluding hydrogens is 701 g/mol. The molecule has 1 unspecified atom stereocenters. The lowest BCUT2D eigenvalue weighted by Crippen LogP contribution is -2.43. The normalized spacial score (nSPS) is 16.3. The van der Waals surface area contributed by atoms with Crippen molar-refractivity contribution in [3.05, 3.63) is 105 Å². The highest BCUT2D eigenvalue weighted by Crippen LogP contribution is 2.37. The second-order valence-electron chi connectivity index (χ2n) is 11.6. The molecule has 266 valence electrons. The Morgan fingerprint density at radius 3 is 2.12 bits per heavy atom. The minimum Gasteiger partial charge on any atom is -0.466 e. The minimum absolute atomic E-state index is 0.0403. The van der Waals surface area contributed by atoms with Gasteiger partial charge in [0, 0.05) is 19.0 Å². The molecule has 1 atom stereocenters. The molecule has 0 radical (unpaired) electrons. The van der Waals surface area contributed by atoms with Crippen molar-refractivity contribution in [2.24, 2.45) is 5.16 Å². The number of carbonyl (C=O) groups is 1. The maximum Gasteiger partial charge on any atom is 0.416 e. The highest BCUT2D eigenvalue weighted by molar-refractivity contribution is 6.42. The van der Waals surface area contributed by atoms with Gasteiger partial charge in [-0.3, -0.25) is 0 Å². The van der Waals surface area contributed by atoms with E-state index in [0.717, 1.165) is 12.7 Å². The van der Waals surface area contributed by atoms with E-state index in [1.165, 1.54) is 0 Å².